The molecule has 1 aliphatic heterocycles. The Kier molecular flexibility index (Phi) is 3.70. The third-order valence-electron chi connectivity index (χ3n) is 4.13. The number of nitrogens with zero attached hydrogens (tertiary/aromatic N) is 1. The van der Waals surface area contributed by atoms with Gasteiger partial charge in [-0.2, -0.15) is 0 Å². The van der Waals surface area contributed by atoms with E-state index in [4.69, 9.17) is 4.74 Å². The van der Waals surface area contributed by atoms with Gasteiger partial charge in [-0.25, -0.2) is 0 Å². The van der Waals surface area contributed by atoms with Crippen molar-refractivity contribution < 1.29 is 14.6 Å². The maximum Gasteiger partial charge on any atom is 0.325 e. The maximum atomic E-state index is 11.6. The topological polar surface area (TPSA) is 61.8 Å². The third-order valence-corrected chi connectivity index (χ3v) is 4.13. The van der Waals surface area contributed by atoms with Gasteiger partial charge in [-0.05, 0) is 39.3 Å². The lowest BCUT2D eigenvalue weighted by Gasteiger charge is -2.35. The second kappa shape index (κ2) is 4.92. The first-order valence-corrected chi connectivity index (χ1v) is 6.30. The molecule has 2 rings (SSSR count). The predicted molar refractivity (Wildman–Crippen MR) is 64.0 cm³/mol. The van der Waals surface area contributed by atoms with Gasteiger partial charge in [0.15, 0.2) is 0 Å². The third kappa shape index (κ3) is 2.46. The minimum Gasteiger partial charge on any atom is -0.480 e. The number of carbonyl (C=O) groups is 1. The molecular formula is C12H22N2O3. The van der Waals surface area contributed by atoms with Crippen molar-refractivity contribution in [1.82, 2.24) is 10.2 Å². The molecule has 2 unspecified atom stereocenters. The molecule has 1 heterocycles. The van der Waals surface area contributed by atoms with E-state index in [1.165, 1.54) is 0 Å². The fraction of sp³-hybridized carbons (Fsp3) is 0.917. The molecule has 0 bridgehead atoms. The summed E-state index contributed by atoms with van der Waals surface area (Å²) in [5.74, 6) is -0.456. The molecular weight excluding hydrogens is 220 g/mol. The quantitative estimate of drug-likeness (QED) is 0.695. The minimum absolute atomic E-state index is 0.273. The van der Waals surface area contributed by atoms with E-state index < -0.39 is 11.5 Å². The van der Waals surface area contributed by atoms with Gasteiger partial charge < -0.3 is 15.2 Å². The van der Waals surface area contributed by atoms with E-state index in [0.717, 1.165) is 32.5 Å². The number of carboxylic acids is 1. The molecule has 0 aromatic rings. The molecule has 17 heavy (non-hydrogen) atoms. The normalized spacial score (nSPS) is 28.3. The van der Waals surface area contributed by atoms with Crippen molar-refractivity contribution in [2.75, 3.05) is 33.9 Å². The van der Waals surface area contributed by atoms with Crippen LogP contribution in [0.1, 0.15) is 19.3 Å². The van der Waals surface area contributed by atoms with E-state index in [1.54, 1.807) is 7.05 Å². The molecule has 2 atom stereocenters. The summed E-state index contributed by atoms with van der Waals surface area (Å²) in [6, 6.07) is 0.362. The molecule has 0 spiro atoms. The van der Waals surface area contributed by atoms with Crippen molar-refractivity contribution in [3.05, 3.63) is 0 Å². The summed E-state index contributed by atoms with van der Waals surface area (Å²) in [5, 5.41) is 12.6. The molecule has 98 valence electrons. The maximum absolute atomic E-state index is 11.6. The fourth-order valence-corrected chi connectivity index (χ4v) is 2.73. The van der Waals surface area contributed by atoms with Gasteiger partial charge in [-0.1, -0.05) is 0 Å². The lowest BCUT2D eigenvalue weighted by Crippen LogP contribution is -2.60. The van der Waals surface area contributed by atoms with Gasteiger partial charge in [0.25, 0.3) is 0 Å². The summed E-state index contributed by atoms with van der Waals surface area (Å²) in [6.45, 7) is 2.07. The van der Waals surface area contributed by atoms with E-state index in [9.17, 15) is 9.90 Å². The molecule has 2 fully saturated rings. The number of likely N-dealkylation sites (N-methyl/N-ethyl adjacent to an activating group) is 2. The van der Waals surface area contributed by atoms with E-state index in [0.29, 0.717) is 12.6 Å². The van der Waals surface area contributed by atoms with Gasteiger partial charge >= 0.3 is 5.97 Å². The average molecular weight is 242 g/mol. The summed E-state index contributed by atoms with van der Waals surface area (Å²) in [7, 11) is 3.75. The standard InChI is InChI=1S/C12H22N2O3/c1-13-12(11(15)16,9-3-4-9)8-14(2)10-5-6-17-7-10/h9-10,13H,3-8H2,1-2H3,(H,15,16). The van der Waals surface area contributed by atoms with Crippen LogP contribution in [0.15, 0.2) is 0 Å². The number of nitrogens with one attached hydrogen (secondary N) is 1. The van der Waals surface area contributed by atoms with Crippen LogP contribution in [0, 0.1) is 5.92 Å². The van der Waals surface area contributed by atoms with Crippen molar-refractivity contribution in [2.24, 2.45) is 5.92 Å². The molecule has 0 aromatic heterocycles. The summed E-state index contributed by atoms with van der Waals surface area (Å²) in [4.78, 5) is 13.7. The molecule has 5 heteroatoms. The Morgan fingerprint density at radius 1 is 1.53 bits per heavy atom. The highest BCUT2D eigenvalue weighted by Crippen LogP contribution is 2.40. The Balaban J connectivity index is 2.03. The van der Waals surface area contributed by atoms with Crippen LogP contribution in [-0.2, 0) is 9.53 Å². The van der Waals surface area contributed by atoms with Gasteiger partial charge in [0.2, 0.25) is 0 Å². The van der Waals surface area contributed by atoms with Crippen molar-refractivity contribution in [2.45, 2.75) is 30.8 Å². The molecule has 2 aliphatic rings. The summed E-state index contributed by atoms with van der Waals surface area (Å²) in [5.41, 5.74) is -0.780. The first-order chi connectivity index (χ1) is 8.10. The lowest BCUT2D eigenvalue weighted by molar-refractivity contribution is -0.146. The Morgan fingerprint density at radius 2 is 2.24 bits per heavy atom. The molecule has 0 aromatic carbocycles. The number of hydrogen-bond donors (Lipinski definition) is 2. The Morgan fingerprint density at radius 3 is 2.65 bits per heavy atom. The molecule has 0 amide bonds. The molecule has 2 N–H and O–H groups in total. The van der Waals surface area contributed by atoms with Crippen LogP contribution in [-0.4, -0.2) is 61.4 Å². The zero-order valence-electron chi connectivity index (χ0n) is 10.6. The van der Waals surface area contributed by atoms with Crippen LogP contribution in [0.5, 0.6) is 0 Å². The van der Waals surface area contributed by atoms with Gasteiger partial charge in [0.05, 0.1) is 6.61 Å². The van der Waals surface area contributed by atoms with Crippen LogP contribution in [0.2, 0.25) is 0 Å². The Bertz CT molecular complexity index is 287. The van der Waals surface area contributed by atoms with Crippen molar-refractivity contribution in [1.29, 1.82) is 0 Å². The monoisotopic (exact) mass is 242 g/mol. The van der Waals surface area contributed by atoms with E-state index in [2.05, 4.69) is 10.2 Å². The zero-order chi connectivity index (χ0) is 12.5. The highest BCUT2D eigenvalue weighted by Gasteiger charge is 2.51. The summed E-state index contributed by atoms with van der Waals surface area (Å²) in [6.07, 6.45) is 3.03. The smallest absolute Gasteiger partial charge is 0.325 e. The van der Waals surface area contributed by atoms with Crippen molar-refractivity contribution >= 4 is 5.97 Å². The second-order valence-electron chi connectivity index (χ2n) is 5.23. The first kappa shape index (κ1) is 12.8. The highest BCUT2D eigenvalue weighted by molar-refractivity contribution is 5.80. The van der Waals surface area contributed by atoms with Crippen LogP contribution in [0.3, 0.4) is 0 Å². The Hall–Kier alpha value is -0.650. The summed E-state index contributed by atoms with van der Waals surface area (Å²) < 4.78 is 5.35. The minimum atomic E-state index is -0.780. The number of ether oxygens (including phenoxy) is 1. The molecule has 0 radical (unpaired) electrons. The number of aliphatic carboxylic acids is 1. The van der Waals surface area contributed by atoms with Crippen LogP contribution >= 0.6 is 0 Å². The second-order valence-corrected chi connectivity index (χ2v) is 5.23. The van der Waals surface area contributed by atoms with Crippen molar-refractivity contribution in [3.63, 3.8) is 0 Å². The van der Waals surface area contributed by atoms with Gasteiger partial charge in [-0.3, -0.25) is 9.69 Å². The number of carboxylic acid groups (broad SMARTS) is 1. The largest absolute Gasteiger partial charge is 0.480 e. The fourth-order valence-electron chi connectivity index (χ4n) is 2.73. The molecule has 1 aliphatic carbocycles. The number of hydrogen-bond acceptors (Lipinski definition) is 4. The predicted octanol–water partition coefficient (Wildman–Crippen LogP) is 0.160. The first-order valence-electron chi connectivity index (χ1n) is 6.30. The summed E-state index contributed by atoms with van der Waals surface area (Å²) >= 11 is 0. The molecule has 5 nitrogen and oxygen atoms in total. The van der Waals surface area contributed by atoms with Crippen LogP contribution in [0.4, 0.5) is 0 Å². The van der Waals surface area contributed by atoms with Gasteiger partial charge in [0, 0.05) is 19.2 Å². The van der Waals surface area contributed by atoms with Crippen LogP contribution < -0.4 is 5.32 Å². The highest BCUT2D eigenvalue weighted by atomic mass is 16.5. The Labute approximate surface area is 102 Å². The average Bonchev–Trinajstić information content (AvgIpc) is 3.00. The van der Waals surface area contributed by atoms with Crippen molar-refractivity contribution in [3.8, 4) is 0 Å². The van der Waals surface area contributed by atoms with E-state index in [1.807, 2.05) is 7.05 Å². The van der Waals surface area contributed by atoms with Gasteiger partial charge in [-0.15, -0.1) is 0 Å². The van der Waals surface area contributed by atoms with E-state index in [-0.39, 0.29) is 5.92 Å². The van der Waals surface area contributed by atoms with E-state index >= 15 is 0 Å². The molecule has 1 saturated heterocycles. The molecule has 1 saturated carbocycles. The van der Waals surface area contributed by atoms with Crippen LogP contribution in [0.25, 0.3) is 0 Å². The number of rotatable bonds is 6. The zero-order valence-corrected chi connectivity index (χ0v) is 10.6. The SMILES string of the molecule is CNC(CN(C)C1CCOC1)(C(=O)O)C1CC1. The lowest BCUT2D eigenvalue weighted by atomic mass is 9.92. The van der Waals surface area contributed by atoms with Gasteiger partial charge in [0.1, 0.15) is 5.54 Å².